The zero-order valence-electron chi connectivity index (χ0n) is 12.2. The molecule has 0 aromatic carbocycles. The average molecular weight is 266 g/mol. The van der Waals surface area contributed by atoms with Crippen LogP contribution >= 0.6 is 0 Å². The Bertz CT molecular complexity index is 363. The molecule has 0 aliphatic carbocycles. The highest BCUT2D eigenvalue weighted by atomic mass is 16.5. The van der Waals surface area contributed by atoms with Crippen LogP contribution < -0.4 is 5.32 Å². The Morgan fingerprint density at radius 3 is 3.00 bits per heavy atom. The molecule has 1 aromatic heterocycles. The van der Waals surface area contributed by atoms with Gasteiger partial charge in [-0.05, 0) is 45.0 Å². The molecular formula is C15H26N2O2. The highest BCUT2D eigenvalue weighted by molar-refractivity contribution is 5.07. The van der Waals surface area contributed by atoms with E-state index in [9.17, 15) is 0 Å². The summed E-state index contributed by atoms with van der Waals surface area (Å²) in [6.45, 7) is 9.84. The standard InChI is InChI=1S/C15H26N2O2/c1-3-16-10-13-7-8-15(19-13)12-17-9-5-6-14(11-17)18-4-2/h7-8,14,16H,3-6,9-12H2,1-2H3. The molecule has 108 valence electrons. The van der Waals surface area contributed by atoms with E-state index in [0.29, 0.717) is 6.10 Å². The van der Waals surface area contributed by atoms with Crippen LogP contribution in [0, 0.1) is 0 Å². The number of likely N-dealkylation sites (tertiary alicyclic amines) is 1. The minimum atomic E-state index is 0.398. The Balaban J connectivity index is 1.81. The largest absolute Gasteiger partial charge is 0.463 e. The van der Waals surface area contributed by atoms with Crippen LogP contribution in [0.3, 0.4) is 0 Å². The van der Waals surface area contributed by atoms with Gasteiger partial charge in [-0.3, -0.25) is 4.90 Å². The van der Waals surface area contributed by atoms with Gasteiger partial charge in [-0.2, -0.15) is 0 Å². The molecule has 1 aliphatic rings. The number of furan rings is 1. The molecule has 0 amide bonds. The molecule has 1 fully saturated rings. The van der Waals surface area contributed by atoms with Gasteiger partial charge in [0.05, 0.1) is 19.2 Å². The molecule has 1 aliphatic heterocycles. The summed E-state index contributed by atoms with van der Waals surface area (Å²) in [5, 5.41) is 3.28. The summed E-state index contributed by atoms with van der Waals surface area (Å²) in [6.07, 6.45) is 2.80. The molecule has 0 spiro atoms. The Hall–Kier alpha value is -0.840. The first kappa shape index (κ1) is 14.6. The highest BCUT2D eigenvalue weighted by Crippen LogP contribution is 2.17. The Kier molecular flexibility index (Phi) is 5.89. The molecule has 0 saturated carbocycles. The lowest BCUT2D eigenvalue weighted by Gasteiger charge is -2.31. The van der Waals surface area contributed by atoms with E-state index >= 15 is 0 Å². The molecule has 0 radical (unpaired) electrons. The second kappa shape index (κ2) is 7.68. The van der Waals surface area contributed by atoms with E-state index in [1.54, 1.807) is 0 Å². The number of nitrogens with zero attached hydrogens (tertiary/aromatic N) is 1. The van der Waals surface area contributed by atoms with Crippen LogP contribution in [-0.2, 0) is 17.8 Å². The van der Waals surface area contributed by atoms with E-state index in [1.807, 2.05) is 0 Å². The van der Waals surface area contributed by atoms with Gasteiger partial charge >= 0.3 is 0 Å². The van der Waals surface area contributed by atoms with Crippen LogP contribution in [0.2, 0.25) is 0 Å². The third-order valence-electron chi connectivity index (χ3n) is 3.51. The van der Waals surface area contributed by atoms with E-state index in [4.69, 9.17) is 9.15 Å². The summed E-state index contributed by atoms with van der Waals surface area (Å²) in [5.41, 5.74) is 0. The van der Waals surface area contributed by atoms with Gasteiger partial charge < -0.3 is 14.5 Å². The summed E-state index contributed by atoms with van der Waals surface area (Å²) in [6, 6.07) is 4.17. The lowest BCUT2D eigenvalue weighted by molar-refractivity contribution is 0.00193. The monoisotopic (exact) mass is 266 g/mol. The fourth-order valence-corrected chi connectivity index (χ4v) is 2.60. The number of hydrogen-bond acceptors (Lipinski definition) is 4. The van der Waals surface area contributed by atoms with Crippen LogP contribution in [-0.4, -0.2) is 37.2 Å². The van der Waals surface area contributed by atoms with E-state index in [2.05, 4.69) is 36.2 Å². The maximum atomic E-state index is 5.84. The first-order valence-corrected chi connectivity index (χ1v) is 7.44. The van der Waals surface area contributed by atoms with Crippen molar-refractivity contribution in [2.75, 3.05) is 26.2 Å². The average Bonchev–Trinajstić information content (AvgIpc) is 2.85. The van der Waals surface area contributed by atoms with Gasteiger partial charge in [-0.1, -0.05) is 6.92 Å². The Morgan fingerprint density at radius 1 is 1.37 bits per heavy atom. The smallest absolute Gasteiger partial charge is 0.118 e. The molecule has 4 heteroatoms. The second-order valence-corrected chi connectivity index (χ2v) is 5.10. The molecule has 1 N–H and O–H groups in total. The van der Waals surface area contributed by atoms with Gasteiger partial charge in [0.2, 0.25) is 0 Å². The maximum absolute atomic E-state index is 5.84. The highest BCUT2D eigenvalue weighted by Gasteiger charge is 2.20. The van der Waals surface area contributed by atoms with E-state index < -0.39 is 0 Å². The minimum absolute atomic E-state index is 0.398. The van der Waals surface area contributed by atoms with Gasteiger partial charge in [0.25, 0.3) is 0 Å². The molecule has 2 rings (SSSR count). The third-order valence-corrected chi connectivity index (χ3v) is 3.51. The van der Waals surface area contributed by atoms with Crippen molar-refractivity contribution in [2.45, 2.75) is 45.9 Å². The number of ether oxygens (including phenoxy) is 1. The first-order chi connectivity index (χ1) is 9.31. The van der Waals surface area contributed by atoms with Crippen molar-refractivity contribution in [3.63, 3.8) is 0 Å². The van der Waals surface area contributed by atoms with Crippen molar-refractivity contribution >= 4 is 0 Å². The number of hydrogen-bond donors (Lipinski definition) is 1. The van der Waals surface area contributed by atoms with E-state index in [-0.39, 0.29) is 0 Å². The van der Waals surface area contributed by atoms with Gasteiger partial charge in [0.15, 0.2) is 0 Å². The van der Waals surface area contributed by atoms with Crippen molar-refractivity contribution in [1.29, 1.82) is 0 Å². The molecule has 4 nitrogen and oxygen atoms in total. The normalized spacial score (nSPS) is 20.8. The summed E-state index contributed by atoms with van der Waals surface area (Å²) in [7, 11) is 0. The van der Waals surface area contributed by atoms with Gasteiger partial charge in [0.1, 0.15) is 11.5 Å². The SMILES string of the molecule is CCNCc1ccc(CN2CCCC(OCC)C2)o1. The zero-order chi connectivity index (χ0) is 13.5. The van der Waals surface area contributed by atoms with Crippen molar-refractivity contribution in [3.8, 4) is 0 Å². The molecule has 0 bridgehead atoms. The molecule has 1 unspecified atom stereocenters. The van der Waals surface area contributed by atoms with Crippen LogP contribution in [0.15, 0.2) is 16.5 Å². The van der Waals surface area contributed by atoms with Crippen molar-refractivity contribution < 1.29 is 9.15 Å². The third kappa shape index (κ3) is 4.64. The molecule has 1 saturated heterocycles. The number of nitrogens with one attached hydrogen (secondary N) is 1. The van der Waals surface area contributed by atoms with Gasteiger partial charge in [-0.15, -0.1) is 0 Å². The van der Waals surface area contributed by atoms with E-state index in [0.717, 1.165) is 50.9 Å². The topological polar surface area (TPSA) is 37.6 Å². The second-order valence-electron chi connectivity index (χ2n) is 5.10. The maximum Gasteiger partial charge on any atom is 0.118 e. The summed E-state index contributed by atoms with van der Waals surface area (Å²) in [5.74, 6) is 2.08. The summed E-state index contributed by atoms with van der Waals surface area (Å²) < 4.78 is 11.6. The quantitative estimate of drug-likeness (QED) is 0.822. The van der Waals surface area contributed by atoms with Crippen LogP contribution in [0.1, 0.15) is 38.2 Å². The molecule has 1 atom stereocenters. The summed E-state index contributed by atoms with van der Waals surface area (Å²) >= 11 is 0. The Morgan fingerprint density at radius 2 is 2.21 bits per heavy atom. The van der Waals surface area contributed by atoms with Crippen molar-refractivity contribution in [2.24, 2.45) is 0 Å². The molecule has 1 aromatic rings. The number of rotatable bonds is 7. The van der Waals surface area contributed by atoms with Crippen LogP contribution in [0.4, 0.5) is 0 Å². The lowest BCUT2D eigenvalue weighted by Crippen LogP contribution is -2.39. The fraction of sp³-hybridized carbons (Fsp3) is 0.733. The predicted molar refractivity (Wildman–Crippen MR) is 76.0 cm³/mol. The first-order valence-electron chi connectivity index (χ1n) is 7.44. The van der Waals surface area contributed by atoms with Crippen molar-refractivity contribution in [1.82, 2.24) is 10.2 Å². The van der Waals surface area contributed by atoms with Gasteiger partial charge in [-0.25, -0.2) is 0 Å². The van der Waals surface area contributed by atoms with Crippen LogP contribution in [0.5, 0.6) is 0 Å². The molecule has 2 heterocycles. The summed E-state index contributed by atoms with van der Waals surface area (Å²) in [4.78, 5) is 2.43. The van der Waals surface area contributed by atoms with Crippen molar-refractivity contribution in [3.05, 3.63) is 23.7 Å². The van der Waals surface area contributed by atoms with Gasteiger partial charge in [0, 0.05) is 13.2 Å². The van der Waals surface area contributed by atoms with E-state index in [1.165, 1.54) is 12.8 Å². The fourth-order valence-electron chi connectivity index (χ4n) is 2.60. The minimum Gasteiger partial charge on any atom is -0.463 e. The predicted octanol–water partition coefficient (Wildman–Crippen LogP) is 2.39. The number of piperidine rings is 1. The zero-order valence-corrected chi connectivity index (χ0v) is 12.2. The van der Waals surface area contributed by atoms with Crippen LogP contribution in [0.25, 0.3) is 0 Å². The Labute approximate surface area is 116 Å². The molecule has 19 heavy (non-hydrogen) atoms. The lowest BCUT2D eigenvalue weighted by atomic mass is 10.1. The molecular weight excluding hydrogens is 240 g/mol.